The van der Waals surface area contributed by atoms with Gasteiger partial charge in [0, 0.05) is 20.4 Å². The molecule has 0 atom stereocenters. The van der Waals surface area contributed by atoms with Crippen LogP contribution in [0.1, 0.15) is 5.56 Å². The van der Waals surface area contributed by atoms with Crippen molar-refractivity contribution < 1.29 is 5.11 Å². The number of aliphatic imine (C=N–C) groups is 1. The molecule has 0 aliphatic rings. The summed E-state index contributed by atoms with van der Waals surface area (Å²) in [5.74, 6) is 0.203. The SMILES string of the molecule is Oc1c(I)cc(Cl)cc1C=Nc1ccc(I)cc1. The van der Waals surface area contributed by atoms with Crippen molar-refractivity contribution in [2.45, 2.75) is 0 Å². The monoisotopic (exact) mass is 483 g/mol. The minimum atomic E-state index is 0.203. The third-order valence-corrected chi connectivity index (χ3v) is 4.00. The van der Waals surface area contributed by atoms with Gasteiger partial charge in [0.05, 0.1) is 9.26 Å². The van der Waals surface area contributed by atoms with E-state index in [0.717, 1.165) is 9.26 Å². The average molecular weight is 483 g/mol. The summed E-state index contributed by atoms with van der Waals surface area (Å²) in [6.45, 7) is 0. The summed E-state index contributed by atoms with van der Waals surface area (Å²) in [5, 5.41) is 10.5. The van der Waals surface area contributed by atoms with Crippen LogP contribution in [-0.2, 0) is 0 Å². The Hall–Kier alpha value is -0.340. The van der Waals surface area contributed by atoms with Crippen molar-refractivity contribution in [2.75, 3.05) is 0 Å². The Morgan fingerprint density at radius 3 is 2.44 bits per heavy atom. The highest BCUT2D eigenvalue weighted by Crippen LogP contribution is 2.27. The van der Waals surface area contributed by atoms with Crippen molar-refractivity contribution in [2.24, 2.45) is 4.99 Å². The molecule has 0 radical (unpaired) electrons. The summed E-state index contributed by atoms with van der Waals surface area (Å²) in [6.07, 6.45) is 1.62. The summed E-state index contributed by atoms with van der Waals surface area (Å²) in [7, 11) is 0. The van der Waals surface area contributed by atoms with Gasteiger partial charge in [0.2, 0.25) is 0 Å². The molecule has 0 aliphatic carbocycles. The van der Waals surface area contributed by atoms with Gasteiger partial charge in [0.1, 0.15) is 5.75 Å². The molecule has 2 aromatic rings. The molecule has 92 valence electrons. The van der Waals surface area contributed by atoms with Gasteiger partial charge in [-0.2, -0.15) is 0 Å². The Balaban J connectivity index is 2.31. The van der Waals surface area contributed by atoms with Crippen LogP contribution in [0.4, 0.5) is 5.69 Å². The zero-order valence-corrected chi connectivity index (χ0v) is 14.1. The average Bonchev–Trinajstić information content (AvgIpc) is 2.34. The first-order valence-electron chi connectivity index (χ1n) is 5.04. The molecule has 0 amide bonds. The number of aromatic hydroxyl groups is 1. The lowest BCUT2D eigenvalue weighted by Gasteiger charge is -2.02. The molecule has 0 aromatic heterocycles. The van der Waals surface area contributed by atoms with E-state index in [1.54, 1.807) is 18.3 Å². The standard InChI is InChI=1S/C13H8ClI2NO/c14-9-5-8(13(18)12(16)6-9)7-17-11-3-1-10(15)2-4-11/h1-7,18H. The predicted octanol–water partition coefficient (Wildman–Crippen LogP) is 5.01. The molecule has 5 heteroatoms. The highest BCUT2D eigenvalue weighted by Gasteiger charge is 2.05. The number of phenolic OH excluding ortho intramolecular Hbond substituents is 1. The van der Waals surface area contributed by atoms with E-state index >= 15 is 0 Å². The lowest BCUT2D eigenvalue weighted by molar-refractivity contribution is 0.470. The van der Waals surface area contributed by atoms with E-state index in [0.29, 0.717) is 14.2 Å². The van der Waals surface area contributed by atoms with Gasteiger partial charge < -0.3 is 5.11 Å². The number of phenols is 1. The molecule has 0 bridgehead atoms. The van der Waals surface area contributed by atoms with Crippen LogP contribution in [0.2, 0.25) is 5.02 Å². The molecule has 0 spiro atoms. The zero-order valence-electron chi connectivity index (χ0n) is 9.07. The van der Waals surface area contributed by atoms with Crippen molar-refractivity contribution in [3.63, 3.8) is 0 Å². The molecule has 0 aliphatic heterocycles. The largest absolute Gasteiger partial charge is 0.506 e. The van der Waals surface area contributed by atoms with Gasteiger partial charge >= 0.3 is 0 Å². The first-order chi connectivity index (χ1) is 8.56. The highest BCUT2D eigenvalue weighted by molar-refractivity contribution is 14.1. The Labute approximate surface area is 137 Å². The van der Waals surface area contributed by atoms with E-state index < -0.39 is 0 Å². The maximum Gasteiger partial charge on any atom is 0.137 e. The van der Waals surface area contributed by atoms with Crippen LogP contribution < -0.4 is 0 Å². The Bertz CT molecular complexity index is 597. The van der Waals surface area contributed by atoms with E-state index in [1.807, 2.05) is 46.9 Å². The van der Waals surface area contributed by atoms with Crippen LogP contribution in [0, 0.1) is 7.14 Å². The van der Waals surface area contributed by atoms with Crippen molar-refractivity contribution >= 4 is 68.7 Å². The zero-order chi connectivity index (χ0) is 13.1. The molecule has 18 heavy (non-hydrogen) atoms. The van der Waals surface area contributed by atoms with Gasteiger partial charge in [-0.25, -0.2) is 0 Å². The minimum absolute atomic E-state index is 0.203. The van der Waals surface area contributed by atoms with Gasteiger partial charge in [-0.15, -0.1) is 0 Å². The molecule has 2 aromatic carbocycles. The molecular weight excluding hydrogens is 475 g/mol. The van der Waals surface area contributed by atoms with E-state index in [2.05, 4.69) is 27.6 Å². The maximum atomic E-state index is 9.89. The normalized spacial score (nSPS) is 11.1. The Morgan fingerprint density at radius 2 is 1.78 bits per heavy atom. The van der Waals surface area contributed by atoms with E-state index in [1.165, 1.54) is 0 Å². The summed E-state index contributed by atoms with van der Waals surface area (Å²) in [5.41, 5.74) is 1.45. The Morgan fingerprint density at radius 1 is 1.11 bits per heavy atom. The van der Waals surface area contributed by atoms with Gasteiger partial charge in [0.25, 0.3) is 0 Å². The third-order valence-electron chi connectivity index (χ3n) is 2.24. The van der Waals surface area contributed by atoms with Gasteiger partial charge in [-0.3, -0.25) is 4.99 Å². The molecule has 0 fully saturated rings. The van der Waals surface area contributed by atoms with Gasteiger partial charge in [-0.05, 0) is 81.6 Å². The van der Waals surface area contributed by atoms with E-state index in [9.17, 15) is 5.11 Å². The molecule has 2 nitrogen and oxygen atoms in total. The summed E-state index contributed by atoms with van der Waals surface area (Å²) in [4.78, 5) is 4.31. The molecule has 2 rings (SSSR count). The number of nitrogens with zero attached hydrogens (tertiary/aromatic N) is 1. The van der Waals surface area contributed by atoms with Crippen LogP contribution in [-0.4, -0.2) is 11.3 Å². The number of halogens is 3. The highest BCUT2D eigenvalue weighted by atomic mass is 127. The lowest BCUT2D eigenvalue weighted by atomic mass is 10.2. The van der Waals surface area contributed by atoms with Crippen molar-refractivity contribution in [1.82, 2.24) is 0 Å². The molecule has 0 saturated heterocycles. The molecule has 1 N–H and O–H groups in total. The molecular formula is C13H8ClI2NO. The number of rotatable bonds is 2. The second-order valence-electron chi connectivity index (χ2n) is 3.56. The van der Waals surface area contributed by atoms with Crippen LogP contribution in [0.3, 0.4) is 0 Å². The van der Waals surface area contributed by atoms with Crippen LogP contribution in [0.5, 0.6) is 5.75 Å². The summed E-state index contributed by atoms with van der Waals surface area (Å²) in [6, 6.07) is 11.2. The van der Waals surface area contributed by atoms with E-state index in [4.69, 9.17) is 11.6 Å². The number of hydrogen-bond acceptors (Lipinski definition) is 2. The summed E-state index contributed by atoms with van der Waals surface area (Å²) >= 11 is 10.2. The second-order valence-corrected chi connectivity index (χ2v) is 6.40. The number of hydrogen-bond donors (Lipinski definition) is 1. The molecule has 0 saturated carbocycles. The van der Waals surface area contributed by atoms with Crippen LogP contribution >= 0.6 is 56.8 Å². The maximum absolute atomic E-state index is 9.89. The van der Waals surface area contributed by atoms with E-state index in [-0.39, 0.29) is 5.75 Å². The quantitative estimate of drug-likeness (QED) is 0.473. The smallest absolute Gasteiger partial charge is 0.137 e. The van der Waals surface area contributed by atoms with Crippen LogP contribution in [0.25, 0.3) is 0 Å². The fourth-order valence-electron chi connectivity index (χ4n) is 1.36. The number of benzene rings is 2. The fraction of sp³-hybridized carbons (Fsp3) is 0. The second kappa shape index (κ2) is 6.21. The first kappa shape index (κ1) is 14.1. The molecule has 0 heterocycles. The van der Waals surface area contributed by atoms with Gasteiger partial charge in [-0.1, -0.05) is 11.6 Å². The Kier molecular flexibility index (Phi) is 4.85. The van der Waals surface area contributed by atoms with Gasteiger partial charge in [0.15, 0.2) is 0 Å². The first-order valence-corrected chi connectivity index (χ1v) is 7.57. The van der Waals surface area contributed by atoms with Crippen molar-refractivity contribution in [1.29, 1.82) is 0 Å². The summed E-state index contributed by atoms with van der Waals surface area (Å²) < 4.78 is 1.87. The lowest BCUT2D eigenvalue weighted by Crippen LogP contribution is -1.86. The predicted molar refractivity (Wildman–Crippen MR) is 92.2 cm³/mol. The topological polar surface area (TPSA) is 32.6 Å². The minimum Gasteiger partial charge on any atom is -0.506 e. The fourth-order valence-corrected chi connectivity index (χ4v) is 2.77. The third kappa shape index (κ3) is 3.58. The van der Waals surface area contributed by atoms with Crippen molar-refractivity contribution in [3.8, 4) is 5.75 Å². The van der Waals surface area contributed by atoms with Crippen LogP contribution in [0.15, 0.2) is 41.4 Å². The molecule has 0 unspecified atom stereocenters. The van der Waals surface area contributed by atoms with Crippen molar-refractivity contribution in [3.05, 3.63) is 54.1 Å².